The summed E-state index contributed by atoms with van der Waals surface area (Å²) in [6.45, 7) is 0.629. The Morgan fingerprint density at radius 3 is 3.17 bits per heavy atom. The predicted octanol–water partition coefficient (Wildman–Crippen LogP) is 1.69. The summed E-state index contributed by atoms with van der Waals surface area (Å²) in [5.41, 5.74) is 0. The zero-order valence-corrected chi connectivity index (χ0v) is 9.95. The van der Waals surface area contributed by atoms with E-state index in [1.165, 1.54) is 4.80 Å². The topological polar surface area (TPSA) is 73.8 Å². The Labute approximate surface area is 104 Å². The average Bonchev–Trinajstić information content (AvgIpc) is 3.08. The lowest BCUT2D eigenvalue weighted by Gasteiger charge is -2.05. The molecule has 2 aromatic heterocycles. The van der Waals surface area contributed by atoms with Crippen molar-refractivity contribution in [3.05, 3.63) is 18.4 Å². The monoisotopic (exact) mass is 246 g/mol. The molecule has 1 saturated carbocycles. The molecule has 1 fully saturated rings. The normalized spacial score (nSPS) is 19.6. The lowest BCUT2D eigenvalue weighted by atomic mass is 10.0. The van der Waals surface area contributed by atoms with E-state index in [2.05, 4.69) is 15.4 Å². The van der Waals surface area contributed by atoms with Crippen molar-refractivity contribution in [3.8, 4) is 11.6 Å². The van der Waals surface area contributed by atoms with E-state index >= 15 is 0 Å². The van der Waals surface area contributed by atoms with Gasteiger partial charge in [-0.1, -0.05) is 0 Å². The quantitative estimate of drug-likeness (QED) is 0.820. The van der Waals surface area contributed by atoms with Crippen molar-refractivity contribution in [2.45, 2.75) is 32.2 Å². The van der Waals surface area contributed by atoms with Crippen LogP contribution in [-0.4, -0.2) is 26.0 Å². The van der Waals surface area contributed by atoms with E-state index in [1.807, 2.05) is 0 Å². The summed E-state index contributed by atoms with van der Waals surface area (Å²) in [4.78, 5) is 13.0. The van der Waals surface area contributed by atoms with Crippen LogP contribution in [0.5, 0.6) is 0 Å². The number of carbonyl (C=O) groups is 1. The number of rotatable bonds is 4. The van der Waals surface area contributed by atoms with Gasteiger partial charge < -0.3 is 4.42 Å². The van der Waals surface area contributed by atoms with Gasteiger partial charge >= 0.3 is 0 Å². The Morgan fingerprint density at radius 2 is 2.44 bits per heavy atom. The summed E-state index contributed by atoms with van der Waals surface area (Å²) in [6.07, 6.45) is 5.12. The van der Waals surface area contributed by atoms with Crippen LogP contribution in [0.2, 0.25) is 0 Å². The first kappa shape index (κ1) is 11.1. The third-order valence-corrected chi connectivity index (χ3v) is 3.30. The molecule has 1 aliphatic rings. The van der Waals surface area contributed by atoms with Crippen LogP contribution in [-0.2, 0) is 11.3 Å². The van der Waals surface area contributed by atoms with Gasteiger partial charge in [0.25, 0.3) is 0 Å². The number of ketones is 1. The summed E-state index contributed by atoms with van der Waals surface area (Å²) in [7, 11) is 0. The highest BCUT2D eigenvalue weighted by Gasteiger charge is 2.24. The maximum absolute atomic E-state index is 11.5. The number of aryl methyl sites for hydroxylation is 1. The third kappa shape index (κ3) is 2.18. The number of aromatic nitrogens is 4. The second-order valence-electron chi connectivity index (χ2n) is 4.53. The first-order valence-corrected chi connectivity index (χ1v) is 6.17. The number of hydrogen-bond donors (Lipinski definition) is 0. The van der Waals surface area contributed by atoms with Gasteiger partial charge in [0.15, 0.2) is 5.76 Å². The number of carbonyl (C=O) groups excluding carboxylic acids is 1. The van der Waals surface area contributed by atoms with Crippen LogP contribution >= 0.6 is 0 Å². The lowest BCUT2D eigenvalue weighted by molar-refractivity contribution is -0.120. The molecule has 0 saturated heterocycles. The molecule has 1 aliphatic carbocycles. The second kappa shape index (κ2) is 4.72. The van der Waals surface area contributed by atoms with Crippen LogP contribution in [0.4, 0.5) is 0 Å². The number of tetrazole rings is 1. The first-order valence-electron chi connectivity index (χ1n) is 6.17. The Balaban J connectivity index is 1.62. The standard InChI is InChI=1S/C12H14N4O2/c17-10-4-1-3-9(10)6-7-16-14-12(13-15-16)11-5-2-8-18-11/h2,5,8-9H,1,3-4,6-7H2. The van der Waals surface area contributed by atoms with Crippen LogP contribution in [0.1, 0.15) is 25.7 Å². The van der Waals surface area contributed by atoms with E-state index in [0.717, 1.165) is 25.7 Å². The van der Waals surface area contributed by atoms with Crippen LogP contribution in [0, 0.1) is 5.92 Å². The lowest BCUT2D eigenvalue weighted by Crippen LogP contribution is -2.12. The van der Waals surface area contributed by atoms with Gasteiger partial charge in [-0.15, -0.1) is 10.2 Å². The van der Waals surface area contributed by atoms with Gasteiger partial charge in [-0.3, -0.25) is 4.79 Å². The largest absolute Gasteiger partial charge is 0.461 e. The summed E-state index contributed by atoms with van der Waals surface area (Å²) >= 11 is 0. The zero-order valence-electron chi connectivity index (χ0n) is 9.95. The Hall–Kier alpha value is -1.98. The van der Waals surface area contributed by atoms with E-state index in [9.17, 15) is 4.79 Å². The van der Waals surface area contributed by atoms with E-state index in [1.54, 1.807) is 18.4 Å². The molecular weight excluding hydrogens is 232 g/mol. The highest BCUT2D eigenvalue weighted by Crippen LogP contribution is 2.24. The SMILES string of the molecule is O=C1CCCC1CCn1nnc(-c2ccco2)n1. The second-order valence-corrected chi connectivity index (χ2v) is 4.53. The molecule has 0 aliphatic heterocycles. The maximum Gasteiger partial charge on any atom is 0.240 e. The molecule has 18 heavy (non-hydrogen) atoms. The zero-order chi connectivity index (χ0) is 12.4. The number of hydrogen-bond acceptors (Lipinski definition) is 5. The summed E-state index contributed by atoms with van der Waals surface area (Å²) < 4.78 is 5.20. The van der Waals surface area contributed by atoms with Crippen molar-refractivity contribution in [3.63, 3.8) is 0 Å². The molecule has 2 aromatic rings. The van der Waals surface area contributed by atoms with Crippen molar-refractivity contribution < 1.29 is 9.21 Å². The van der Waals surface area contributed by atoms with Crippen molar-refractivity contribution >= 4 is 5.78 Å². The van der Waals surface area contributed by atoms with Crippen LogP contribution in [0.3, 0.4) is 0 Å². The Morgan fingerprint density at radius 1 is 1.50 bits per heavy atom. The minimum atomic E-state index is 0.183. The summed E-state index contributed by atoms with van der Waals surface area (Å²) in [5.74, 6) is 1.65. The molecule has 2 heterocycles. The fourth-order valence-corrected chi connectivity index (χ4v) is 2.31. The first-order chi connectivity index (χ1) is 8.83. The number of furan rings is 1. The fourth-order valence-electron chi connectivity index (χ4n) is 2.31. The fraction of sp³-hybridized carbons (Fsp3) is 0.500. The van der Waals surface area contributed by atoms with Crippen LogP contribution in [0.25, 0.3) is 11.6 Å². The van der Waals surface area contributed by atoms with E-state index < -0.39 is 0 Å². The van der Waals surface area contributed by atoms with Gasteiger partial charge in [0, 0.05) is 12.3 Å². The van der Waals surface area contributed by atoms with E-state index in [0.29, 0.717) is 23.9 Å². The van der Waals surface area contributed by atoms with Gasteiger partial charge in [0.2, 0.25) is 5.82 Å². The third-order valence-electron chi connectivity index (χ3n) is 3.30. The van der Waals surface area contributed by atoms with Gasteiger partial charge in [-0.2, -0.15) is 4.80 Å². The van der Waals surface area contributed by atoms with E-state index in [-0.39, 0.29) is 5.92 Å². The van der Waals surface area contributed by atoms with Gasteiger partial charge in [0.05, 0.1) is 12.8 Å². The molecule has 0 aromatic carbocycles. The minimum Gasteiger partial charge on any atom is -0.461 e. The maximum atomic E-state index is 11.5. The molecule has 0 radical (unpaired) electrons. The van der Waals surface area contributed by atoms with Crippen LogP contribution < -0.4 is 0 Å². The molecule has 94 valence electrons. The summed E-state index contributed by atoms with van der Waals surface area (Å²) in [6, 6.07) is 3.58. The highest BCUT2D eigenvalue weighted by atomic mass is 16.3. The molecule has 1 unspecified atom stereocenters. The van der Waals surface area contributed by atoms with Crippen molar-refractivity contribution in [1.82, 2.24) is 20.2 Å². The van der Waals surface area contributed by atoms with Gasteiger partial charge in [-0.05, 0) is 36.6 Å². The van der Waals surface area contributed by atoms with Crippen LogP contribution in [0.15, 0.2) is 22.8 Å². The summed E-state index contributed by atoms with van der Waals surface area (Å²) in [5, 5.41) is 12.1. The molecule has 0 bridgehead atoms. The number of nitrogens with zero attached hydrogens (tertiary/aromatic N) is 4. The molecular formula is C12H14N4O2. The van der Waals surface area contributed by atoms with Crippen molar-refractivity contribution in [2.24, 2.45) is 5.92 Å². The van der Waals surface area contributed by atoms with Gasteiger partial charge in [-0.25, -0.2) is 0 Å². The van der Waals surface area contributed by atoms with E-state index in [4.69, 9.17) is 4.42 Å². The molecule has 1 atom stereocenters. The highest BCUT2D eigenvalue weighted by molar-refractivity contribution is 5.82. The predicted molar refractivity (Wildman–Crippen MR) is 62.5 cm³/mol. The van der Waals surface area contributed by atoms with Crippen molar-refractivity contribution in [1.29, 1.82) is 0 Å². The smallest absolute Gasteiger partial charge is 0.240 e. The molecule has 0 spiro atoms. The average molecular weight is 246 g/mol. The molecule has 3 rings (SSSR count). The molecule has 0 amide bonds. The van der Waals surface area contributed by atoms with Crippen molar-refractivity contribution in [2.75, 3.05) is 0 Å². The Kier molecular flexibility index (Phi) is 2.92. The molecule has 6 heteroatoms. The molecule has 0 N–H and O–H groups in total. The number of Topliss-reactive ketones (excluding diaryl/α,β-unsaturated/α-hetero) is 1. The Bertz CT molecular complexity index is 532. The molecule has 6 nitrogen and oxygen atoms in total. The van der Waals surface area contributed by atoms with Gasteiger partial charge in [0.1, 0.15) is 5.78 Å². The minimum absolute atomic E-state index is 0.183.